The average Bonchev–Trinajstić information content (AvgIpc) is 2.47. The SMILES string of the molecule is CCOc1ccccc1C(=O)NCc1ccccc1Cl. The van der Waals surface area contributed by atoms with Crippen molar-refractivity contribution in [2.45, 2.75) is 13.5 Å². The first-order valence-corrected chi connectivity index (χ1v) is 6.83. The van der Waals surface area contributed by atoms with Crippen molar-refractivity contribution in [3.63, 3.8) is 0 Å². The van der Waals surface area contributed by atoms with Crippen LogP contribution in [0.1, 0.15) is 22.8 Å². The summed E-state index contributed by atoms with van der Waals surface area (Å²) in [6.45, 7) is 2.80. The van der Waals surface area contributed by atoms with Gasteiger partial charge in [-0.2, -0.15) is 0 Å². The second-order valence-electron chi connectivity index (χ2n) is 4.20. The number of carbonyl (C=O) groups excluding carboxylic acids is 1. The molecule has 0 aliphatic carbocycles. The van der Waals surface area contributed by atoms with E-state index in [2.05, 4.69) is 5.32 Å². The minimum absolute atomic E-state index is 0.172. The number of hydrogen-bond acceptors (Lipinski definition) is 2. The molecule has 4 heteroatoms. The van der Waals surface area contributed by atoms with E-state index in [1.54, 1.807) is 18.2 Å². The fraction of sp³-hybridized carbons (Fsp3) is 0.188. The van der Waals surface area contributed by atoms with E-state index in [1.165, 1.54) is 0 Å². The van der Waals surface area contributed by atoms with E-state index in [9.17, 15) is 4.79 Å². The summed E-state index contributed by atoms with van der Waals surface area (Å²) in [5, 5.41) is 3.50. The summed E-state index contributed by atoms with van der Waals surface area (Å²) in [5.74, 6) is 0.417. The number of para-hydroxylation sites is 1. The van der Waals surface area contributed by atoms with E-state index in [-0.39, 0.29) is 5.91 Å². The number of rotatable bonds is 5. The van der Waals surface area contributed by atoms with Gasteiger partial charge in [0.2, 0.25) is 0 Å². The number of halogens is 1. The van der Waals surface area contributed by atoms with Crippen molar-refractivity contribution in [3.8, 4) is 5.75 Å². The highest BCUT2D eigenvalue weighted by atomic mass is 35.5. The molecule has 0 heterocycles. The average molecular weight is 290 g/mol. The molecule has 0 spiro atoms. The number of carbonyl (C=O) groups is 1. The van der Waals surface area contributed by atoms with Crippen LogP contribution in [0.25, 0.3) is 0 Å². The van der Waals surface area contributed by atoms with Crippen molar-refractivity contribution in [3.05, 3.63) is 64.7 Å². The molecule has 0 bridgehead atoms. The second-order valence-corrected chi connectivity index (χ2v) is 4.61. The minimum atomic E-state index is -0.172. The Morgan fingerprint density at radius 2 is 1.85 bits per heavy atom. The highest BCUT2D eigenvalue weighted by Gasteiger charge is 2.11. The van der Waals surface area contributed by atoms with Gasteiger partial charge < -0.3 is 10.1 Å². The Bertz CT molecular complexity index is 599. The molecule has 0 atom stereocenters. The summed E-state index contributed by atoms with van der Waals surface area (Å²) < 4.78 is 5.45. The maximum atomic E-state index is 12.2. The molecule has 2 rings (SSSR count). The van der Waals surface area contributed by atoms with Crippen LogP contribution in [0.2, 0.25) is 5.02 Å². The van der Waals surface area contributed by atoms with Gasteiger partial charge in [-0.05, 0) is 30.7 Å². The number of nitrogens with one attached hydrogen (secondary N) is 1. The zero-order valence-corrected chi connectivity index (χ0v) is 12.0. The predicted octanol–water partition coefficient (Wildman–Crippen LogP) is 3.67. The second kappa shape index (κ2) is 6.96. The van der Waals surface area contributed by atoms with Crippen molar-refractivity contribution in [2.75, 3.05) is 6.61 Å². The number of ether oxygens (including phenoxy) is 1. The molecule has 0 aromatic heterocycles. The first kappa shape index (κ1) is 14.4. The van der Waals surface area contributed by atoms with E-state index in [4.69, 9.17) is 16.3 Å². The van der Waals surface area contributed by atoms with Crippen LogP contribution in [-0.2, 0) is 6.54 Å². The molecule has 0 saturated carbocycles. The van der Waals surface area contributed by atoms with Gasteiger partial charge in [-0.25, -0.2) is 0 Å². The molecule has 0 saturated heterocycles. The summed E-state index contributed by atoms with van der Waals surface area (Å²) in [5.41, 5.74) is 1.41. The molecule has 104 valence electrons. The standard InChI is InChI=1S/C16H16ClNO2/c1-2-20-15-10-6-4-8-13(15)16(19)18-11-12-7-3-5-9-14(12)17/h3-10H,2,11H2,1H3,(H,18,19). The summed E-state index contributed by atoms with van der Waals surface area (Å²) >= 11 is 6.06. The third-order valence-corrected chi connectivity index (χ3v) is 3.20. The lowest BCUT2D eigenvalue weighted by atomic mass is 10.1. The van der Waals surface area contributed by atoms with Crippen molar-refractivity contribution in [1.82, 2.24) is 5.32 Å². The van der Waals surface area contributed by atoms with Gasteiger partial charge in [0, 0.05) is 11.6 Å². The van der Waals surface area contributed by atoms with Crippen LogP contribution >= 0.6 is 11.6 Å². The van der Waals surface area contributed by atoms with Gasteiger partial charge in [-0.3, -0.25) is 4.79 Å². The number of amides is 1. The fourth-order valence-electron chi connectivity index (χ4n) is 1.85. The molecular formula is C16H16ClNO2. The Balaban J connectivity index is 2.07. The molecule has 0 fully saturated rings. The number of benzene rings is 2. The van der Waals surface area contributed by atoms with Gasteiger partial charge in [-0.1, -0.05) is 41.9 Å². The van der Waals surface area contributed by atoms with Crippen LogP contribution in [0.5, 0.6) is 5.75 Å². The van der Waals surface area contributed by atoms with E-state index >= 15 is 0 Å². The van der Waals surface area contributed by atoms with Crippen molar-refractivity contribution >= 4 is 17.5 Å². The summed E-state index contributed by atoms with van der Waals surface area (Å²) in [7, 11) is 0. The largest absolute Gasteiger partial charge is 0.493 e. The molecule has 0 aliphatic heterocycles. The van der Waals surface area contributed by atoms with Gasteiger partial charge in [0.1, 0.15) is 5.75 Å². The minimum Gasteiger partial charge on any atom is -0.493 e. The van der Waals surface area contributed by atoms with Gasteiger partial charge in [0.25, 0.3) is 5.91 Å². The van der Waals surface area contributed by atoms with E-state index in [1.807, 2.05) is 37.3 Å². The Labute approximate surface area is 123 Å². The van der Waals surface area contributed by atoms with Gasteiger partial charge in [-0.15, -0.1) is 0 Å². The molecule has 0 unspecified atom stereocenters. The lowest BCUT2D eigenvalue weighted by Crippen LogP contribution is -2.23. The molecule has 1 amide bonds. The first-order chi connectivity index (χ1) is 9.72. The first-order valence-electron chi connectivity index (χ1n) is 6.45. The Hall–Kier alpha value is -2.00. The van der Waals surface area contributed by atoms with Crippen LogP contribution in [-0.4, -0.2) is 12.5 Å². The number of hydrogen-bond donors (Lipinski definition) is 1. The van der Waals surface area contributed by atoms with Crippen molar-refractivity contribution < 1.29 is 9.53 Å². The quantitative estimate of drug-likeness (QED) is 0.912. The van der Waals surface area contributed by atoms with Gasteiger partial charge >= 0.3 is 0 Å². The third-order valence-electron chi connectivity index (χ3n) is 2.83. The Morgan fingerprint density at radius 3 is 2.60 bits per heavy atom. The molecule has 0 radical (unpaired) electrons. The van der Waals surface area contributed by atoms with Gasteiger partial charge in [0.15, 0.2) is 0 Å². The summed E-state index contributed by atoms with van der Waals surface area (Å²) in [6.07, 6.45) is 0. The third kappa shape index (κ3) is 3.52. The van der Waals surface area contributed by atoms with Crippen LogP contribution in [0.3, 0.4) is 0 Å². The molecule has 2 aromatic carbocycles. The lowest BCUT2D eigenvalue weighted by Gasteiger charge is -2.11. The summed E-state index contributed by atoms with van der Waals surface area (Å²) in [6, 6.07) is 14.6. The van der Waals surface area contributed by atoms with Crippen LogP contribution < -0.4 is 10.1 Å². The van der Waals surface area contributed by atoms with E-state index in [0.29, 0.717) is 29.5 Å². The topological polar surface area (TPSA) is 38.3 Å². The summed E-state index contributed by atoms with van der Waals surface area (Å²) in [4.78, 5) is 12.2. The molecule has 0 aliphatic rings. The Kier molecular flexibility index (Phi) is 5.02. The zero-order valence-electron chi connectivity index (χ0n) is 11.2. The van der Waals surface area contributed by atoms with Crippen LogP contribution in [0.15, 0.2) is 48.5 Å². The van der Waals surface area contributed by atoms with Crippen molar-refractivity contribution in [1.29, 1.82) is 0 Å². The molecule has 3 nitrogen and oxygen atoms in total. The monoisotopic (exact) mass is 289 g/mol. The van der Waals surface area contributed by atoms with Crippen LogP contribution in [0.4, 0.5) is 0 Å². The highest BCUT2D eigenvalue weighted by Crippen LogP contribution is 2.19. The lowest BCUT2D eigenvalue weighted by molar-refractivity contribution is 0.0947. The smallest absolute Gasteiger partial charge is 0.255 e. The molecular weight excluding hydrogens is 274 g/mol. The van der Waals surface area contributed by atoms with Crippen molar-refractivity contribution in [2.24, 2.45) is 0 Å². The van der Waals surface area contributed by atoms with Gasteiger partial charge in [0.05, 0.1) is 12.2 Å². The zero-order chi connectivity index (χ0) is 14.4. The normalized spacial score (nSPS) is 10.1. The van der Waals surface area contributed by atoms with E-state index < -0.39 is 0 Å². The Morgan fingerprint density at radius 1 is 1.15 bits per heavy atom. The fourth-order valence-corrected chi connectivity index (χ4v) is 2.05. The maximum Gasteiger partial charge on any atom is 0.255 e. The highest BCUT2D eigenvalue weighted by molar-refractivity contribution is 6.31. The van der Waals surface area contributed by atoms with E-state index in [0.717, 1.165) is 5.56 Å². The predicted molar refractivity (Wildman–Crippen MR) is 80.2 cm³/mol. The van der Waals surface area contributed by atoms with Crippen LogP contribution in [0, 0.1) is 0 Å². The molecule has 2 aromatic rings. The molecule has 20 heavy (non-hydrogen) atoms. The molecule has 1 N–H and O–H groups in total. The maximum absolute atomic E-state index is 12.2.